The monoisotopic (exact) mass is 328 g/mol. The summed E-state index contributed by atoms with van der Waals surface area (Å²) in [6, 6.07) is 0. The molecule has 0 aromatic carbocycles. The van der Waals surface area contributed by atoms with Gasteiger partial charge < -0.3 is 9.47 Å². The predicted molar refractivity (Wildman–Crippen MR) is 89.0 cm³/mol. The first-order valence-electron chi connectivity index (χ1n) is 8.78. The first-order valence-corrected chi connectivity index (χ1v) is 8.78. The lowest BCUT2D eigenvalue weighted by Crippen LogP contribution is -2.42. The van der Waals surface area contributed by atoms with Crippen LogP contribution in [0.5, 0.6) is 0 Å². The Morgan fingerprint density at radius 2 is 1.35 bits per heavy atom. The van der Waals surface area contributed by atoms with Gasteiger partial charge >= 0.3 is 11.9 Å². The summed E-state index contributed by atoms with van der Waals surface area (Å²) in [6.45, 7) is 7.93. The van der Waals surface area contributed by atoms with Gasteiger partial charge in [0.15, 0.2) is 0 Å². The number of carbonyl (C=O) groups is 3. The second-order valence-electron chi connectivity index (χ2n) is 5.98. The zero-order valence-electron chi connectivity index (χ0n) is 15.1. The Hall–Kier alpha value is -1.39. The number of carbonyl (C=O) groups excluding carboxylic acids is 3. The number of ether oxygens (including phenoxy) is 2. The van der Waals surface area contributed by atoms with Crippen LogP contribution in [0.15, 0.2) is 0 Å². The summed E-state index contributed by atoms with van der Waals surface area (Å²) >= 11 is 0. The van der Waals surface area contributed by atoms with E-state index in [2.05, 4.69) is 0 Å². The van der Waals surface area contributed by atoms with Crippen molar-refractivity contribution in [2.24, 2.45) is 5.41 Å². The highest BCUT2D eigenvalue weighted by atomic mass is 16.5. The summed E-state index contributed by atoms with van der Waals surface area (Å²) in [5.41, 5.74) is -1.40. The molecule has 5 nitrogen and oxygen atoms in total. The van der Waals surface area contributed by atoms with Crippen LogP contribution in [-0.4, -0.2) is 30.9 Å². The van der Waals surface area contributed by atoms with E-state index in [1.165, 1.54) is 6.92 Å². The van der Waals surface area contributed by atoms with Gasteiger partial charge in [0.25, 0.3) is 0 Å². The van der Waals surface area contributed by atoms with Gasteiger partial charge in [0.2, 0.25) is 0 Å². The Morgan fingerprint density at radius 3 is 1.83 bits per heavy atom. The van der Waals surface area contributed by atoms with E-state index in [-0.39, 0.29) is 18.8 Å². The van der Waals surface area contributed by atoms with Crippen molar-refractivity contribution in [2.75, 3.05) is 13.2 Å². The maximum atomic E-state index is 12.5. The molecule has 0 spiro atoms. The topological polar surface area (TPSA) is 69.7 Å². The number of ketones is 1. The van der Waals surface area contributed by atoms with Gasteiger partial charge in [0, 0.05) is 0 Å². The molecule has 1 atom stereocenters. The molecule has 23 heavy (non-hydrogen) atoms. The van der Waals surface area contributed by atoms with Crippen molar-refractivity contribution < 1.29 is 23.9 Å². The number of hydrogen-bond acceptors (Lipinski definition) is 5. The Labute approximate surface area is 140 Å². The van der Waals surface area contributed by atoms with E-state index in [1.807, 2.05) is 20.8 Å². The van der Waals surface area contributed by atoms with Gasteiger partial charge in [0.05, 0.1) is 19.6 Å². The largest absolute Gasteiger partial charge is 0.466 e. The smallest absolute Gasteiger partial charge is 0.320 e. The van der Waals surface area contributed by atoms with Crippen molar-refractivity contribution in [2.45, 2.75) is 79.1 Å². The van der Waals surface area contributed by atoms with Crippen LogP contribution in [-0.2, 0) is 23.9 Å². The third-order valence-electron chi connectivity index (χ3n) is 3.96. The molecule has 0 rings (SSSR count). The summed E-state index contributed by atoms with van der Waals surface area (Å²) in [5.74, 6) is -1.41. The van der Waals surface area contributed by atoms with Gasteiger partial charge in [-0.25, -0.2) is 0 Å². The summed E-state index contributed by atoms with van der Waals surface area (Å²) < 4.78 is 10.4. The van der Waals surface area contributed by atoms with Gasteiger partial charge in [-0.3, -0.25) is 14.4 Å². The fourth-order valence-electron chi connectivity index (χ4n) is 2.26. The number of esters is 2. The number of Topliss-reactive ketones (excluding diaryl/α,β-unsaturated/α-hetero) is 1. The molecule has 0 radical (unpaired) electrons. The van der Waals surface area contributed by atoms with Gasteiger partial charge in [-0.2, -0.15) is 0 Å². The molecule has 5 heteroatoms. The average molecular weight is 328 g/mol. The van der Waals surface area contributed by atoms with Crippen molar-refractivity contribution in [1.82, 2.24) is 0 Å². The van der Waals surface area contributed by atoms with Crippen LogP contribution in [0.2, 0.25) is 0 Å². The van der Waals surface area contributed by atoms with Crippen LogP contribution in [0.1, 0.15) is 79.1 Å². The summed E-state index contributed by atoms with van der Waals surface area (Å²) in [6.07, 6.45) is 4.95. The summed E-state index contributed by atoms with van der Waals surface area (Å²) in [5, 5.41) is 0. The molecule has 0 aromatic rings. The van der Waals surface area contributed by atoms with Gasteiger partial charge in [-0.1, -0.05) is 46.5 Å². The molecule has 0 aliphatic carbocycles. The average Bonchev–Trinajstić information content (AvgIpc) is 2.51. The standard InChI is InChI=1S/C18H32O5/c1-5-8-11-18(15(4)19,17(21)23-13-10-7-3)14-16(20)22-12-9-6-2/h5-14H2,1-4H3. The molecule has 0 N–H and O–H groups in total. The summed E-state index contributed by atoms with van der Waals surface area (Å²) in [4.78, 5) is 36.8. The highest BCUT2D eigenvalue weighted by Gasteiger charge is 2.46. The SMILES string of the molecule is CCCCOC(=O)CC(CCCC)(C(C)=O)C(=O)OCCCC. The Balaban J connectivity index is 5.04. The van der Waals surface area contributed by atoms with Crippen LogP contribution >= 0.6 is 0 Å². The zero-order valence-corrected chi connectivity index (χ0v) is 15.1. The quantitative estimate of drug-likeness (QED) is 0.292. The molecule has 0 aromatic heterocycles. The predicted octanol–water partition coefficient (Wildman–Crippen LogP) is 3.83. The third-order valence-corrected chi connectivity index (χ3v) is 3.96. The number of unbranched alkanes of at least 4 members (excludes halogenated alkanes) is 3. The second-order valence-corrected chi connectivity index (χ2v) is 5.98. The minimum absolute atomic E-state index is 0.225. The lowest BCUT2D eigenvalue weighted by molar-refractivity contribution is -0.167. The lowest BCUT2D eigenvalue weighted by atomic mass is 9.76. The van der Waals surface area contributed by atoms with Gasteiger partial charge in [0.1, 0.15) is 11.2 Å². The second kappa shape index (κ2) is 12.1. The molecule has 0 heterocycles. The molecule has 134 valence electrons. The lowest BCUT2D eigenvalue weighted by Gasteiger charge is -2.28. The Kier molecular flexibility index (Phi) is 11.4. The summed E-state index contributed by atoms with van der Waals surface area (Å²) in [7, 11) is 0. The molecule has 0 fully saturated rings. The van der Waals surface area contributed by atoms with E-state index < -0.39 is 17.4 Å². The van der Waals surface area contributed by atoms with E-state index in [4.69, 9.17) is 9.47 Å². The van der Waals surface area contributed by atoms with Crippen molar-refractivity contribution in [3.05, 3.63) is 0 Å². The fraction of sp³-hybridized carbons (Fsp3) is 0.833. The Morgan fingerprint density at radius 1 is 0.826 bits per heavy atom. The van der Waals surface area contributed by atoms with Crippen molar-refractivity contribution >= 4 is 17.7 Å². The van der Waals surface area contributed by atoms with Crippen LogP contribution in [0.3, 0.4) is 0 Å². The first kappa shape index (κ1) is 21.6. The zero-order chi connectivity index (χ0) is 17.7. The maximum absolute atomic E-state index is 12.5. The van der Waals surface area contributed by atoms with E-state index in [1.54, 1.807) is 0 Å². The molecular formula is C18H32O5. The van der Waals surface area contributed by atoms with Crippen LogP contribution < -0.4 is 0 Å². The van der Waals surface area contributed by atoms with Crippen molar-refractivity contribution in [3.8, 4) is 0 Å². The third kappa shape index (κ3) is 7.62. The van der Waals surface area contributed by atoms with E-state index >= 15 is 0 Å². The molecule has 0 saturated carbocycles. The van der Waals surface area contributed by atoms with E-state index in [0.717, 1.165) is 32.1 Å². The van der Waals surface area contributed by atoms with Crippen molar-refractivity contribution in [3.63, 3.8) is 0 Å². The van der Waals surface area contributed by atoms with E-state index in [0.29, 0.717) is 19.4 Å². The normalized spacial score (nSPS) is 13.2. The number of rotatable bonds is 13. The van der Waals surface area contributed by atoms with Gasteiger partial charge in [-0.05, 0) is 26.2 Å². The molecular weight excluding hydrogens is 296 g/mol. The van der Waals surface area contributed by atoms with Crippen molar-refractivity contribution in [1.29, 1.82) is 0 Å². The van der Waals surface area contributed by atoms with Gasteiger partial charge in [-0.15, -0.1) is 0 Å². The minimum Gasteiger partial charge on any atom is -0.466 e. The Bertz CT molecular complexity index is 378. The van der Waals surface area contributed by atoms with E-state index in [9.17, 15) is 14.4 Å². The number of hydrogen-bond donors (Lipinski definition) is 0. The molecule has 0 aliphatic heterocycles. The van der Waals surface area contributed by atoms with Crippen LogP contribution in [0, 0.1) is 5.41 Å². The van der Waals surface area contributed by atoms with Crippen LogP contribution in [0.4, 0.5) is 0 Å². The maximum Gasteiger partial charge on any atom is 0.320 e. The fourth-order valence-corrected chi connectivity index (χ4v) is 2.26. The molecule has 0 aliphatic rings. The highest BCUT2D eigenvalue weighted by Crippen LogP contribution is 2.33. The molecule has 0 bridgehead atoms. The minimum atomic E-state index is -1.40. The highest BCUT2D eigenvalue weighted by molar-refractivity contribution is 6.05. The van der Waals surface area contributed by atoms with Crippen LogP contribution in [0.25, 0.3) is 0 Å². The molecule has 0 saturated heterocycles. The first-order chi connectivity index (χ1) is 10.9. The molecule has 1 unspecified atom stereocenters. The molecule has 0 amide bonds.